The first-order valence-corrected chi connectivity index (χ1v) is 8.54. The quantitative estimate of drug-likeness (QED) is 0.848. The Kier molecular flexibility index (Phi) is 5.41. The number of carbonyl (C=O) groups excluding carboxylic acids is 1. The van der Waals surface area contributed by atoms with Crippen LogP contribution in [0, 0.1) is 0 Å². The van der Waals surface area contributed by atoms with Crippen LogP contribution in [-0.2, 0) is 4.79 Å². The zero-order valence-electron chi connectivity index (χ0n) is 14.0. The summed E-state index contributed by atoms with van der Waals surface area (Å²) in [6, 6.07) is 10.0. The Balaban J connectivity index is 1.56. The molecule has 5 heteroatoms. The lowest BCUT2D eigenvalue weighted by Gasteiger charge is -2.34. The lowest BCUT2D eigenvalue weighted by atomic mass is 9.94. The topological polar surface area (TPSA) is 55.3 Å². The minimum Gasteiger partial charge on any atom is -0.473 e. The zero-order valence-corrected chi connectivity index (χ0v) is 14.0. The van der Waals surface area contributed by atoms with Crippen molar-refractivity contribution in [1.29, 1.82) is 0 Å². The first kappa shape index (κ1) is 16.4. The largest absolute Gasteiger partial charge is 0.473 e. The smallest absolute Gasteiger partial charge is 0.232 e. The van der Waals surface area contributed by atoms with E-state index in [1.807, 2.05) is 35.2 Å². The molecule has 0 aliphatic carbocycles. The zero-order chi connectivity index (χ0) is 16.8. The van der Waals surface area contributed by atoms with E-state index < -0.39 is 0 Å². The monoisotopic (exact) mass is 325 g/mol. The third-order valence-electron chi connectivity index (χ3n) is 4.49. The number of carbonyl (C=O) groups is 1. The van der Waals surface area contributed by atoms with Gasteiger partial charge in [0.25, 0.3) is 0 Å². The van der Waals surface area contributed by atoms with Crippen LogP contribution in [0.5, 0.6) is 5.88 Å². The van der Waals surface area contributed by atoms with Gasteiger partial charge in [0.2, 0.25) is 11.8 Å². The Morgan fingerprint density at radius 2 is 2.00 bits per heavy atom. The van der Waals surface area contributed by atoms with E-state index in [0.717, 1.165) is 37.9 Å². The van der Waals surface area contributed by atoms with Crippen LogP contribution in [-0.4, -0.2) is 40.0 Å². The van der Waals surface area contributed by atoms with Crippen molar-refractivity contribution in [3.05, 3.63) is 54.5 Å². The first-order chi connectivity index (χ1) is 11.8. The van der Waals surface area contributed by atoms with Gasteiger partial charge in [-0.15, -0.1) is 0 Å². The summed E-state index contributed by atoms with van der Waals surface area (Å²) in [5.74, 6) is 0.725. The highest BCUT2D eigenvalue weighted by Gasteiger charge is 2.29. The van der Waals surface area contributed by atoms with E-state index in [1.165, 1.54) is 0 Å². The van der Waals surface area contributed by atoms with Crippen molar-refractivity contribution in [3.63, 3.8) is 0 Å². The van der Waals surface area contributed by atoms with Crippen LogP contribution in [0.3, 0.4) is 0 Å². The molecule has 0 bridgehead atoms. The molecule has 0 saturated carbocycles. The first-order valence-electron chi connectivity index (χ1n) is 8.54. The summed E-state index contributed by atoms with van der Waals surface area (Å²) in [4.78, 5) is 23.0. The normalized spacial score (nSPS) is 16.6. The summed E-state index contributed by atoms with van der Waals surface area (Å²) in [5.41, 5.74) is 1.10. The van der Waals surface area contributed by atoms with Crippen molar-refractivity contribution in [3.8, 4) is 5.88 Å². The number of nitrogens with zero attached hydrogens (tertiary/aromatic N) is 3. The van der Waals surface area contributed by atoms with Crippen molar-refractivity contribution in [1.82, 2.24) is 14.9 Å². The van der Waals surface area contributed by atoms with Gasteiger partial charge < -0.3 is 9.64 Å². The number of benzene rings is 1. The molecule has 5 nitrogen and oxygen atoms in total. The van der Waals surface area contributed by atoms with E-state index in [4.69, 9.17) is 4.74 Å². The Morgan fingerprint density at radius 3 is 2.62 bits per heavy atom. The third-order valence-corrected chi connectivity index (χ3v) is 4.49. The summed E-state index contributed by atoms with van der Waals surface area (Å²) in [6.07, 6.45) is 7.45. The van der Waals surface area contributed by atoms with Crippen LogP contribution in [0.15, 0.2) is 48.9 Å². The number of amides is 1. The number of likely N-dealkylation sites (tertiary alicyclic amines) is 1. The third kappa shape index (κ3) is 3.91. The molecule has 2 heterocycles. The molecule has 1 aromatic heterocycles. The van der Waals surface area contributed by atoms with Gasteiger partial charge in [0, 0.05) is 38.3 Å². The van der Waals surface area contributed by atoms with Crippen molar-refractivity contribution >= 4 is 5.91 Å². The summed E-state index contributed by atoms with van der Waals surface area (Å²) >= 11 is 0. The predicted octanol–water partition coefficient (Wildman–Crippen LogP) is 3.04. The summed E-state index contributed by atoms with van der Waals surface area (Å²) in [7, 11) is 0. The molecule has 1 atom stereocenters. The minimum absolute atomic E-state index is 0.0522. The average molecular weight is 325 g/mol. The maximum Gasteiger partial charge on any atom is 0.232 e. The molecule has 1 aliphatic heterocycles. The van der Waals surface area contributed by atoms with E-state index in [1.54, 1.807) is 18.6 Å². The molecule has 1 amide bonds. The molecule has 0 spiro atoms. The van der Waals surface area contributed by atoms with E-state index in [2.05, 4.69) is 16.9 Å². The Hall–Kier alpha value is -2.43. The molecule has 1 saturated heterocycles. The fourth-order valence-electron chi connectivity index (χ4n) is 3.17. The highest BCUT2D eigenvalue weighted by molar-refractivity contribution is 5.83. The molecular weight excluding hydrogens is 302 g/mol. The molecule has 1 fully saturated rings. The second-order valence-corrected chi connectivity index (χ2v) is 6.06. The van der Waals surface area contributed by atoms with Gasteiger partial charge in [-0.3, -0.25) is 9.78 Å². The highest BCUT2D eigenvalue weighted by atomic mass is 16.5. The van der Waals surface area contributed by atoms with Gasteiger partial charge >= 0.3 is 0 Å². The summed E-state index contributed by atoms with van der Waals surface area (Å²) < 4.78 is 5.84. The fraction of sp³-hybridized carbons (Fsp3) is 0.421. The van der Waals surface area contributed by atoms with Crippen LogP contribution in [0.25, 0.3) is 0 Å². The van der Waals surface area contributed by atoms with E-state index in [9.17, 15) is 4.79 Å². The lowest BCUT2D eigenvalue weighted by molar-refractivity contribution is -0.134. The van der Waals surface area contributed by atoms with Gasteiger partial charge in [0.1, 0.15) is 6.10 Å². The maximum absolute atomic E-state index is 12.9. The Labute approximate surface area is 142 Å². The van der Waals surface area contributed by atoms with Gasteiger partial charge in [-0.25, -0.2) is 4.98 Å². The maximum atomic E-state index is 12.9. The molecule has 24 heavy (non-hydrogen) atoms. The standard InChI is InChI=1S/C19H23N3O2/c1-2-17(15-6-4-3-5-7-15)19(23)22-12-8-16(9-13-22)24-18-14-20-10-11-21-18/h3-7,10-11,14,16-17H,2,8-9,12-13H2,1H3/t17-/m0/s1. The number of hydrogen-bond acceptors (Lipinski definition) is 4. The van der Waals surface area contributed by atoms with Crippen molar-refractivity contribution in [2.24, 2.45) is 0 Å². The van der Waals surface area contributed by atoms with Crippen LogP contribution < -0.4 is 4.74 Å². The molecule has 0 N–H and O–H groups in total. The van der Waals surface area contributed by atoms with E-state index in [0.29, 0.717) is 5.88 Å². The van der Waals surface area contributed by atoms with Crippen molar-refractivity contribution in [2.75, 3.05) is 13.1 Å². The molecule has 0 radical (unpaired) electrons. The number of aromatic nitrogens is 2. The number of rotatable bonds is 5. The Bertz CT molecular complexity index is 640. The van der Waals surface area contributed by atoms with Crippen LogP contribution in [0.2, 0.25) is 0 Å². The van der Waals surface area contributed by atoms with E-state index in [-0.39, 0.29) is 17.9 Å². The van der Waals surface area contributed by atoms with Crippen LogP contribution in [0.1, 0.15) is 37.7 Å². The number of piperidine rings is 1. The van der Waals surface area contributed by atoms with E-state index >= 15 is 0 Å². The molecule has 0 unspecified atom stereocenters. The average Bonchev–Trinajstić information content (AvgIpc) is 2.65. The van der Waals surface area contributed by atoms with Gasteiger partial charge in [-0.1, -0.05) is 37.3 Å². The number of ether oxygens (including phenoxy) is 1. The van der Waals surface area contributed by atoms with Gasteiger partial charge in [0.15, 0.2) is 0 Å². The molecule has 1 aliphatic rings. The summed E-state index contributed by atoms with van der Waals surface area (Å²) in [6.45, 7) is 3.53. The van der Waals surface area contributed by atoms with Gasteiger partial charge in [0.05, 0.1) is 12.1 Å². The molecule has 3 rings (SSSR count). The van der Waals surface area contributed by atoms with Crippen LogP contribution >= 0.6 is 0 Å². The Morgan fingerprint density at radius 1 is 1.25 bits per heavy atom. The van der Waals surface area contributed by atoms with Gasteiger partial charge in [-0.2, -0.15) is 0 Å². The molecule has 126 valence electrons. The lowest BCUT2D eigenvalue weighted by Crippen LogP contribution is -2.43. The SMILES string of the molecule is CC[C@H](C(=O)N1CCC(Oc2cnccn2)CC1)c1ccccc1. The second-order valence-electron chi connectivity index (χ2n) is 6.06. The molecule has 2 aromatic rings. The van der Waals surface area contributed by atoms with Crippen molar-refractivity contribution < 1.29 is 9.53 Å². The molecule has 1 aromatic carbocycles. The van der Waals surface area contributed by atoms with Crippen LogP contribution in [0.4, 0.5) is 0 Å². The number of hydrogen-bond donors (Lipinski definition) is 0. The molecular formula is C19H23N3O2. The summed E-state index contributed by atoms with van der Waals surface area (Å²) in [5, 5.41) is 0. The second kappa shape index (κ2) is 7.90. The van der Waals surface area contributed by atoms with Gasteiger partial charge in [-0.05, 0) is 12.0 Å². The van der Waals surface area contributed by atoms with Crippen molar-refractivity contribution in [2.45, 2.75) is 38.2 Å². The minimum atomic E-state index is -0.0522. The highest BCUT2D eigenvalue weighted by Crippen LogP contribution is 2.25. The fourth-order valence-corrected chi connectivity index (χ4v) is 3.17. The predicted molar refractivity (Wildman–Crippen MR) is 91.7 cm³/mol.